The summed E-state index contributed by atoms with van der Waals surface area (Å²) in [6.45, 7) is 1.03. The van der Waals surface area contributed by atoms with Gasteiger partial charge in [0.2, 0.25) is 5.91 Å². The molecule has 2 heterocycles. The standard InChI is InChI=1S/C20H20N6O/c27-20(11-8-16-5-2-1-3-6-16)23-14-13-22-18-9-10-19(26-25-18)24-17-7-4-12-21-15-17/h1-12,15H,13-14H2,(H,22,25)(H,23,27)(H,24,26). The van der Waals surface area contributed by atoms with Crippen molar-refractivity contribution in [3.05, 3.63) is 78.6 Å². The van der Waals surface area contributed by atoms with Crippen LogP contribution < -0.4 is 16.0 Å². The van der Waals surface area contributed by atoms with Crippen LogP contribution in [0.2, 0.25) is 0 Å². The van der Waals surface area contributed by atoms with Gasteiger partial charge in [0.1, 0.15) is 5.82 Å². The molecule has 136 valence electrons. The number of hydrogen-bond acceptors (Lipinski definition) is 6. The maximum Gasteiger partial charge on any atom is 0.244 e. The summed E-state index contributed by atoms with van der Waals surface area (Å²) in [5.41, 5.74) is 1.83. The monoisotopic (exact) mass is 360 g/mol. The Morgan fingerprint density at radius 2 is 1.74 bits per heavy atom. The van der Waals surface area contributed by atoms with Crippen LogP contribution in [0.3, 0.4) is 0 Å². The van der Waals surface area contributed by atoms with E-state index in [9.17, 15) is 4.79 Å². The smallest absolute Gasteiger partial charge is 0.244 e. The topological polar surface area (TPSA) is 91.8 Å². The largest absolute Gasteiger partial charge is 0.367 e. The molecular weight excluding hydrogens is 340 g/mol. The van der Waals surface area contributed by atoms with Gasteiger partial charge in [-0.25, -0.2) is 0 Å². The predicted octanol–water partition coefficient (Wildman–Crippen LogP) is 2.86. The highest BCUT2D eigenvalue weighted by atomic mass is 16.1. The number of carbonyl (C=O) groups is 1. The minimum absolute atomic E-state index is 0.136. The van der Waals surface area contributed by atoms with Crippen LogP contribution in [0.4, 0.5) is 17.3 Å². The molecule has 3 N–H and O–H groups in total. The van der Waals surface area contributed by atoms with Gasteiger partial charge in [0, 0.05) is 25.4 Å². The fraction of sp³-hybridized carbons (Fsp3) is 0.100. The lowest BCUT2D eigenvalue weighted by molar-refractivity contribution is -0.116. The second-order valence-electron chi connectivity index (χ2n) is 5.63. The fourth-order valence-electron chi connectivity index (χ4n) is 2.25. The van der Waals surface area contributed by atoms with Gasteiger partial charge in [0.25, 0.3) is 0 Å². The molecule has 3 aromatic rings. The maximum absolute atomic E-state index is 11.8. The Labute approximate surface area is 157 Å². The predicted molar refractivity (Wildman–Crippen MR) is 107 cm³/mol. The van der Waals surface area contributed by atoms with E-state index in [0.717, 1.165) is 11.3 Å². The van der Waals surface area contributed by atoms with Crippen molar-refractivity contribution in [2.24, 2.45) is 0 Å². The second-order valence-corrected chi connectivity index (χ2v) is 5.63. The summed E-state index contributed by atoms with van der Waals surface area (Å²) >= 11 is 0. The van der Waals surface area contributed by atoms with Gasteiger partial charge < -0.3 is 16.0 Å². The SMILES string of the molecule is O=C(C=Cc1ccccc1)NCCNc1ccc(Nc2cccnc2)nn1. The van der Waals surface area contributed by atoms with E-state index in [1.165, 1.54) is 6.08 Å². The van der Waals surface area contributed by atoms with E-state index < -0.39 is 0 Å². The summed E-state index contributed by atoms with van der Waals surface area (Å²) < 4.78 is 0. The van der Waals surface area contributed by atoms with Crippen molar-refractivity contribution in [2.45, 2.75) is 0 Å². The zero-order valence-electron chi connectivity index (χ0n) is 14.7. The maximum atomic E-state index is 11.8. The van der Waals surface area contributed by atoms with E-state index in [1.807, 2.05) is 54.6 Å². The highest BCUT2D eigenvalue weighted by Crippen LogP contribution is 2.12. The number of hydrogen-bond donors (Lipinski definition) is 3. The molecule has 0 unspecified atom stereocenters. The highest BCUT2D eigenvalue weighted by molar-refractivity contribution is 5.91. The van der Waals surface area contributed by atoms with Gasteiger partial charge in [-0.15, -0.1) is 10.2 Å². The summed E-state index contributed by atoms with van der Waals surface area (Å²) in [7, 11) is 0. The Morgan fingerprint density at radius 1 is 0.926 bits per heavy atom. The summed E-state index contributed by atoms with van der Waals surface area (Å²) in [6.07, 6.45) is 6.72. The van der Waals surface area contributed by atoms with Crippen molar-refractivity contribution >= 4 is 29.3 Å². The lowest BCUT2D eigenvalue weighted by Crippen LogP contribution is -2.27. The first kappa shape index (κ1) is 18.1. The molecule has 0 aliphatic carbocycles. The molecule has 7 nitrogen and oxygen atoms in total. The molecule has 0 aliphatic rings. The fourth-order valence-corrected chi connectivity index (χ4v) is 2.25. The van der Waals surface area contributed by atoms with Crippen molar-refractivity contribution in [3.63, 3.8) is 0 Å². The number of benzene rings is 1. The molecule has 0 fully saturated rings. The van der Waals surface area contributed by atoms with Crippen LogP contribution in [-0.2, 0) is 4.79 Å². The van der Waals surface area contributed by atoms with Gasteiger partial charge in [-0.3, -0.25) is 9.78 Å². The normalized spacial score (nSPS) is 10.5. The van der Waals surface area contributed by atoms with Crippen molar-refractivity contribution in [3.8, 4) is 0 Å². The molecule has 27 heavy (non-hydrogen) atoms. The van der Waals surface area contributed by atoms with Crippen molar-refractivity contribution in [1.29, 1.82) is 0 Å². The lowest BCUT2D eigenvalue weighted by Gasteiger charge is -2.07. The molecule has 0 radical (unpaired) electrons. The average Bonchev–Trinajstić information content (AvgIpc) is 2.72. The van der Waals surface area contributed by atoms with Gasteiger partial charge >= 0.3 is 0 Å². The molecule has 2 aromatic heterocycles. The minimum Gasteiger partial charge on any atom is -0.367 e. The van der Waals surface area contributed by atoms with Crippen molar-refractivity contribution in [2.75, 3.05) is 23.7 Å². The van der Waals surface area contributed by atoms with Crippen LogP contribution in [0.15, 0.2) is 73.1 Å². The second kappa shape index (κ2) is 9.67. The quantitative estimate of drug-likeness (QED) is 0.423. The highest BCUT2D eigenvalue weighted by Gasteiger charge is 1.99. The molecule has 1 amide bonds. The van der Waals surface area contributed by atoms with Gasteiger partial charge in [-0.1, -0.05) is 30.3 Å². The molecule has 0 spiro atoms. The Hall–Kier alpha value is -3.74. The van der Waals surface area contributed by atoms with E-state index in [-0.39, 0.29) is 5.91 Å². The third-order valence-electron chi connectivity index (χ3n) is 3.56. The Balaban J connectivity index is 1.37. The molecule has 3 rings (SSSR count). The van der Waals surface area contributed by atoms with E-state index in [2.05, 4.69) is 31.1 Å². The van der Waals surface area contributed by atoms with E-state index in [4.69, 9.17) is 0 Å². The molecular formula is C20H20N6O. The Kier molecular flexibility index (Phi) is 6.47. The molecule has 0 saturated heterocycles. The van der Waals surface area contributed by atoms with E-state index >= 15 is 0 Å². The van der Waals surface area contributed by atoms with E-state index in [0.29, 0.717) is 24.7 Å². The number of pyridine rings is 1. The number of anilines is 3. The summed E-state index contributed by atoms with van der Waals surface area (Å²) in [4.78, 5) is 15.8. The number of amides is 1. The number of aromatic nitrogens is 3. The summed E-state index contributed by atoms with van der Waals surface area (Å²) in [6, 6.07) is 17.1. The van der Waals surface area contributed by atoms with Gasteiger partial charge in [0.15, 0.2) is 5.82 Å². The first-order chi connectivity index (χ1) is 13.3. The van der Waals surface area contributed by atoms with Gasteiger partial charge in [-0.05, 0) is 35.9 Å². The summed E-state index contributed by atoms with van der Waals surface area (Å²) in [5, 5.41) is 17.2. The molecule has 0 saturated carbocycles. The van der Waals surface area contributed by atoms with Crippen LogP contribution >= 0.6 is 0 Å². The van der Waals surface area contributed by atoms with E-state index in [1.54, 1.807) is 18.5 Å². The number of rotatable bonds is 8. The average molecular weight is 360 g/mol. The lowest BCUT2D eigenvalue weighted by atomic mass is 10.2. The van der Waals surface area contributed by atoms with Gasteiger partial charge in [-0.2, -0.15) is 0 Å². The Morgan fingerprint density at radius 3 is 2.48 bits per heavy atom. The molecule has 0 bridgehead atoms. The van der Waals surface area contributed by atoms with Crippen LogP contribution in [0.1, 0.15) is 5.56 Å². The molecule has 7 heteroatoms. The van der Waals surface area contributed by atoms with Crippen molar-refractivity contribution in [1.82, 2.24) is 20.5 Å². The van der Waals surface area contributed by atoms with Crippen LogP contribution in [0.5, 0.6) is 0 Å². The Bertz CT molecular complexity index is 866. The van der Waals surface area contributed by atoms with Gasteiger partial charge in [0.05, 0.1) is 11.9 Å². The minimum atomic E-state index is -0.136. The first-order valence-electron chi connectivity index (χ1n) is 8.55. The molecule has 0 aliphatic heterocycles. The van der Waals surface area contributed by atoms with Crippen LogP contribution in [0.25, 0.3) is 6.08 Å². The van der Waals surface area contributed by atoms with Crippen LogP contribution in [0, 0.1) is 0 Å². The molecule has 1 aromatic carbocycles. The zero-order chi connectivity index (χ0) is 18.7. The zero-order valence-corrected chi connectivity index (χ0v) is 14.7. The number of nitrogens with zero attached hydrogens (tertiary/aromatic N) is 3. The third kappa shape index (κ3) is 6.24. The third-order valence-corrected chi connectivity index (χ3v) is 3.56. The van der Waals surface area contributed by atoms with Crippen molar-refractivity contribution < 1.29 is 4.79 Å². The molecule has 0 atom stereocenters. The summed E-state index contributed by atoms with van der Waals surface area (Å²) in [5.74, 6) is 1.14. The first-order valence-corrected chi connectivity index (χ1v) is 8.55. The number of carbonyl (C=O) groups excluding carboxylic acids is 1. The van der Waals surface area contributed by atoms with Crippen LogP contribution in [-0.4, -0.2) is 34.2 Å². The number of nitrogens with one attached hydrogen (secondary N) is 3.